The molecule has 0 atom stereocenters. The minimum absolute atomic E-state index is 0.000901. The number of para-hydroxylation sites is 1. The summed E-state index contributed by atoms with van der Waals surface area (Å²) < 4.78 is 38.5. The molecular formula is C16H11F3N2OS. The molecule has 2 aromatic rings. The number of halogens is 3. The number of anilines is 2. The van der Waals surface area contributed by atoms with Crippen molar-refractivity contribution in [1.82, 2.24) is 0 Å². The molecule has 0 spiro atoms. The van der Waals surface area contributed by atoms with Crippen molar-refractivity contribution in [3.63, 3.8) is 0 Å². The fourth-order valence-corrected chi connectivity index (χ4v) is 2.76. The van der Waals surface area contributed by atoms with Crippen LogP contribution in [0.2, 0.25) is 0 Å². The first-order valence-corrected chi connectivity index (χ1v) is 7.15. The van der Waals surface area contributed by atoms with E-state index in [2.05, 4.69) is 0 Å². The van der Waals surface area contributed by atoms with E-state index in [1.807, 2.05) is 6.07 Å². The number of thiocarbonyl (C=S) groups is 1. The molecule has 1 aliphatic heterocycles. The molecule has 0 saturated carbocycles. The Hall–Kier alpha value is -2.41. The van der Waals surface area contributed by atoms with Crippen LogP contribution < -0.4 is 9.80 Å². The van der Waals surface area contributed by atoms with Crippen molar-refractivity contribution >= 4 is 34.6 Å². The zero-order chi connectivity index (χ0) is 16.6. The molecule has 3 nitrogen and oxygen atoms in total. The normalized spacial score (nSPS) is 15.4. The van der Waals surface area contributed by atoms with Crippen LogP contribution in [-0.2, 0) is 11.0 Å². The second kappa shape index (κ2) is 5.66. The van der Waals surface area contributed by atoms with Crippen LogP contribution in [0.15, 0.2) is 54.6 Å². The van der Waals surface area contributed by atoms with E-state index in [1.54, 1.807) is 29.2 Å². The molecule has 2 aromatic carbocycles. The Labute approximate surface area is 135 Å². The van der Waals surface area contributed by atoms with Crippen molar-refractivity contribution in [2.24, 2.45) is 0 Å². The molecule has 118 valence electrons. The van der Waals surface area contributed by atoms with Gasteiger partial charge in [-0.15, -0.1) is 0 Å². The lowest BCUT2D eigenvalue weighted by Crippen LogP contribution is -2.32. The van der Waals surface area contributed by atoms with Gasteiger partial charge in [-0.05, 0) is 42.5 Å². The highest BCUT2D eigenvalue weighted by Gasteiger charge is 2.36. The SMILES string of the molecule is O=C1CN(c2ccccc2)C(=S)N1c1cccc(C(F)(F)F)c1. The maximum atomic E-state index is 12.8. The van der Waals surface area contributed by atoms with Gasteiger partial charge in [0.25, 0.3) is 5.91 Å². The largest absolute Gasteiger partial charge is 0.416 e. The minimum Gasteiger partial charge on any atom is -0.309 e. The average molecular weight is 336 g/mol. The first kappa shape index (κ1) is 15.5. The van der Waals surface area contributed by atoms with Crippen LogP contribution >= 0.6 is 12.2 Å². The van der Waals surface area contributed by atoms with Crippen molar-refractivity contribution in [3.8, 4) is 0 Å². The maximum Gasteiger partial charge on any atom is 0.416 e. The Balaban J connectivity index is 1.95. The lowest BCUT2D eigenvalue weighted by Gasteiger charge is -2.21. The van der Waals surface area contributed by atoms with E-state index in [-0.39, 0.29) is 23.3 Å². The van der Waals surface area contributed by atoms with Gasteiger partial charge in [0.15, 0.2) is 5.11 Å². The van der Waals surface area contributed by atoms with Crippen LogP contribution in [0.5, 0.6) is 0 Å². The highest BCUT2D eigenvalue weighted by atomic mass is 32.1. The number of carbonyl (C=O) groups excluding carboxylic acids is 1. The summed E-state index contributed by atoms with van der Waals surface area (Å²) in [5, 5.41) is 0.167. The number of amides is 1. The molecule has 0 aliphatic carbocycles. The van der Waals surface area contributed by atoms with Gasteiger partial charge < -0.3 is 4.90 Å². The molecule has 1 aliphatic rings. The summed E-state index contributed by atoms with van der Waals surface area (Å²) in [6.07, 6.45) is -4.47. The molecular weight excluding hydrogens is 325 g/mol. The highest BCUT2D eigenvalue weighted by Crippen LogP contribution is 2.33. The third-order valence-corrected chi connectivity index (χ3v) is 3.87. The second-order valence-electron chi connectivity index (χ2n) is 4.98. The van der Waals surface area contributed by atoms with E-state index in [0.29, 0.717) is 0 Å². The minimum atomic E-state index is -4.47. The monoisotopic (exact) mass is 336 g/mol. The summed E-state index contributed by atoms with van der Waals surface area (Å²) >= 11 is 5.29. The molecule has 1 fully saturated rings. The second-order valence-corrected chi connectivity index (χ2v) is 5.35. The molecule has 0 N–H and O–H groups in total. The molecule has 3 rings (SSSR count). The Bertz CT molecular complexity index is 761. The fourth-order valence-electron chi connectivity index (χ4n) is 2.39. The van der Waals surface area contributed by atoms with Gasteiger partial charge in [-0.2, -0.15) is 13.2 Å². The van der Waals surface area contributed by atoms with Crippen LogP contribution in [0.25, 0.3) is 0 Å². The van der Waals surface area contributed by atoms with E-state index < -0.39 is 11.7 Å². The Morgan fingerprint density at radius 1 is 0.957 bits per heavy atom. The summed E-state index contributed by atoms with van der Waals surface area (Å²) in [7, 11) is 0. The number of benzene rings is 2. The van der Waals surface area contributed by atoms with Gasteiger partial charge >= 0.3 is 6.18 Å². The molecule has 23 heavy (non-hydrogen) atoms. The predicted molar refractivity (Wildman–Crippen MR) is 85.3 cm³/mol. The molecule has 0 aromatic heterocycles. The third-order valence-electron chi connectivity index (χ3n) is 3.46. The molecule has 0 radical (unpaired) electrons. The number of alkyl halides is 3. The highest BCUT2D eigenvalue weighted by molar-refractivity contribution is 7.81. The number of carbonyl (C=O) groups is 1. The van der Waals surface area contributed by atoms with Gasteiger partial charge in [-0.3, -0.25) is 9.69 Å². The zero-order valence-corrected chi connectivity index (χ0v) is 12.6. The Morgan fingerprint density at radius 2 is 1.61 bits per heavy atom. The van der Waals surface area contributed by atoms with Gasteiger partial charge in [-0.1, -0.05) is 24.3 Å². The van der Waals surface area contributed by atoms with Crippen LogP contribution in [0, 0.1) is 0 Å². The molecule has 1 amide bonds. The maximum absolute atomic E-state index is 12.8. The molecule has 1 saturated heterocycles. The summed E-state index contributed by atoms with van der Waals surface area (Å²) in [5.74, 6) is -0.363. The van der Waals surface area contributed by atoms with Crippen molar-refractivity contribution in [2.45, 2.75) is 6.18 Å². The predicted octanol–water partition coefficient (Wildman–Crippen LogP) is 3.84. The van der Waals surface area contributed by atoms with Gasteiger partial charge in [0.05, 0.1) is 11.3 Å². The van der Waals surface area contributed by atoms with Crippen LogP contribution in [0.1, 0.15) is 5.56 Å². The number of rotatable bonds is 2. The first-order chi connectivity index (χ1) is 10.9. The van der Waals surface area contributed by atoms with Crippen LogP contribution in [0.4, 0.5) is 24.5 Å². The quantitative estimate of drug-likeness (QED) is 0.779. The van der Waals surface area contributed by atoms with Crippen molar-refractivity contribution in [1.29, 1.82) is 0 Å². The fraction of sp³-hybridized carbons (Fsp3) is 0.125. The van der Waals surface area contributed by atoms with Gasteiger partial charge in [-0.25, -0.2) is 0 Å². The van der Waals surface area contributed by atoms with Crippen LogP contribution in [0.3, 0.4) is 0 Å². The standard InChI is InChI=1S/C16H11F3N2OS/c17-16(18,19)11-5-4-8-13(9-11)21-14(22)10-20(15(21)23)12-6-2-1-3-7-12/h1-9H,10H2. The lowest BCUT2D eigenvalue weighted by atomic mass is 10.2. The van der Waals surface area contributed by atoms with E-state index in [0.717, 1.165) is 22.7 Å². The summed E-state index contributed by atoms with van der Waals surface area (Å²) in [6, 6.07) is 13.6. The Kier molecular flexibility index (Phi) is 3.81. The van der Waals surface area contributed by atoms with E-state index in [4.69, 9.17) is 12.2 Å². The van der Waals surface area contributed by atoms with E-state index in [9.17, 15) is 18.0 Å². The number of nitrogens with zero attached hydrogens (tertiary/aromatic N) is 2. The topological polar surface area (TPSA) is 23.6 Å². The van der Waals surface area contributed by atoms with Crippen LogP contribution in [-0.4, -0.2) is 17.6 Å². The molecule has 7 heteroatoms. The zero-order valence-electron chi connectivity index (χ0n) is 11.7. The van der Waals surface area contributed by atoms with E-state index in [1.165, 1.54) is 12.1 Å². The third kappa shape index (κ3) is 2.92. The lowest BCUT2D eigenvalue weighted by molar-refractivity contribution is -0.137. The van der Waals surface area contributed by atoms with Crippen molar-refractivity contribution in [2.75, 3.05) is 16.3 Å². The van der Waals surface area contributed by atoms with E-state index >= 15 is 0 Å². The summed E-state index contributed by atoms with van der Waals surface area (Å²) in [5.41, 5.74) is 0.0253. The summed E-state index contributed by atoms with van der Waals surface area (Å²) in [6.45, 7) is -0.000901. The average Bonchev–Trinajstić information content (AvgIpc) is 2.82. The molecule has 0 unspecified atom stereocenters. The van der Waals surface area contributed by atoms with Crippen molar-refractivity contribution in [3.05, 3.63) is 60.2 Å². The first-order valence-electron chi connectivity index (χ1n) is 6.75. The number of hydrogen-bond acceptors (Lipinski definition) is 2. The summed E-state index contributed by atoms with van der Waals surface area (Å²) in [4.78, 5) is 15.0. The smallest absolute Gasteiger partial charge is 0.309 e. The van der Waals surface area contributed by atoms with Gasteiger partial charge in [0.1, 0.15) is 6.54 Å². The van der Waals surface area contributed by atoms with Gasteiger partial charge in [0.2, 0.25) is 0 Å². The molecule has 1 heterocycles. The van der Waals surface area contributed by atoms with Crippen molar-refractivity contribution < 1.29 is 18.0 Å². The number of hydrogen-bond donors (Lipinski definition) is 0. The Morgan fingerprint density at radius 3 is 2.26 bits per heavy atom. The molecule has 0 bridgehead atoms. The van der Waals surface area contributed by atoms with Gasteiger partial charge in [0, 0.05) is 5.69 Å².